The number of oxazole rings is 1. The smallest absolute Gasteiger partial charge is 0.226 e. The molecule has 1 atom stereocenters. The molecule has 2 aromatic rings. The van der Waals surface area contributed by atoms with E-state index in [4.69, 9.17) is 4.42 Å². The molecule has 1 saturated heterocycles. The first-order valence-corrected chi connectivity index (χ1v) is 9.36. The molecule has 1 unspecified atom stereocenters. The molecule has 1 fully saturated rings. The molecule has 2 N–H and O–H groups in total. The van der Waals surface area contributed by atoms with Gasteiger partial charge in [0.15, 0.2) is 5.96 Å². The summed E-state index contributed by atoms with van der Waals surface area (Å²) in [6, 6.07) is 8.17. The van der Waals surface area contributed by atoms with E-state index in [1.54, 1.807) is 6.26 Å². The third kappa shape index (κ3) is 5.08. The lowest BCUT2D eigenvalue weighted by atomic mass is 10.1. The lowest BCUT2D eigenvalue weighted by Crippen LogP contribution is -2.40. The van der Waals surface area contributed by atoms with Gasteiger partial charge in [-0.1, -0.05) is 17.7 Å². The molecule has 1 aromatic carbocycles. The fourth-order valence-corrected chi connectivity index (χ4v) is 3.14. The second kappa shape index (κ2) is 8.85. The monoisotopic (exact) mass is 355 g/mol. The summed E-state index contributed by atoms with van der Waals surface area (Å²) in [5, 5.41) is 6.75. The Morgan fingerprint density at radius 1 is 1.31 bits per heavy atom. The summed E-state index contributed by atoms with van der Waals surface area (Å²) in [7, 11) is 2.18. The van der Waals surface area contributed by atoms with Crippen molar-refractivity contribution in [1.82, 2.24) is 20.5 Å². The first-order chi connectivity index (χ1) is 12.6. The first-order valence-electron chi connectivity index (χ1n) is 9.36. The summed E-state index contributed by atoms with van der Waals surface area (Å²) in [5.74, 6) is 2.16. The minimum Gasteiger partial charge on any atom is -0.444 e. The van der Waals surface area contributed by atoms with Gasteiger partial charge in [-0.05, 0) is 51.9 Å². The van der Waals surface area contributed by atoms with Crippen molar-refractivity contribution >= 4 is 5.96 Å². The molecule has 0 bridgehead atoms. The standard InChI is InChI=1S/C20H29N5O/c1-4-21-20(22-11-16-9-10-25(3)13-16)23-12-18-14-26-19(24-18)17-7-5-15(2)6-8-17/h5-8,14,16H,4,9-13H2,1-3H3,(H2,21,22,23). The Morgan fingerprint density at radius 2 is 2.12 bits per heavy atom. The number of hydrogen-bond acceptors (Lipinski definition) is 4. The van der Waals surface area contributed by atoms with Crippen molar-refractivity contribution in [1.29, 1.82) is 0 Å². The highest BCUT2D eigenvalue weighted by atomic mass is 16.3. The zero-order chi connectivity index (χ0) is 18.4. The second-order valence-electron chi connectivity index (χ2n) is 7.00. The minimum absolute atomic E-state index is 0.495. The van der Waals surface area contributed by atoms with E-state index in [-0.39, 0.29) is 0 Å². The number of likely N-dealkylation sites (tertiary alicyclic amines) is 1. The van der Waals surface area contributed by atoms with Crippen molar-refractivity contribution in [3.8, 4) is 11.5 Å². The summed E-state index contributed by atoms with van der Waals surface area (Å²) >= 11 is 0. The molecular formula is C20H29N5O. The number of rotatable bonds is 6. The van der Waals surface area contributed by atoms with Crippen LogP contribution in [0.2, 0.25) is 0 Å². The third-order valence-corrected chi connectivity index (χ3v) is 4.64. The summed E-state index contributed by atoms with van der Waals surface area (Å²) in [5.41, 5.74) is 3.04. The topological polar surface area (TPSA) is 65.7 Å². The maximum Gasteiger partial charge on any atom is 0.226 e. The van der Waals surface area contributed by atoms with Crippen molar-refractivity contribution in [3.05, 3.63) is 41.8 Å². The lowest BCUT2D eigenvalue weighted by molar-refractivity contribution is 0.394. The van der Waals surface area contributed by atoms with E-state index >= 15 is 0 Å². The van der Waals surface area contributed by atoms with E-state index in [1.807, 2.05) is 12.1 Å². The Hall–Kier alpha value is -2.34. The van der Waals surface area contributed by atoms with Gasteiger partial charge in [-0.25, -0.2) is 9.98 Å². The second-order valence-corrected chi connectivity index (χ2v) is 7.00. The average Bonchev–Trinajstić information content (AvgIpc) is 3.27. The number of benzene rings is 1. The third-order valence-electron chi connectivity index (χ3n) is 4.64. The minimum atomic E-state index is 0.495. The van der Waals surface area contributed by atoms with Gasteiger partial charge in [0.05, 0.1) is 6.54 Å². The van der Waals surface area contributed by atoms with Crippen LogP contribution in [0.1, 0.15) is 24.6 Å². The van der Waals surface area contributed by atoms with E-state index in [2.05, 4.69) is 58.5 Å². The van der Waals surface area contributed by atoms with Crippen molar-refractivity contribution in [2.45, 2.75) is 26.8 Å². The van der Waals surface area contributed by atoms with Crippen LogP contribution in [0, 0.1) is 12.8 Å². The molecule has 0 saturated carbocycles. The molecule has 1 aliphatic heterocycles. The van der Waals surface area contributed by atoms with E-state index < -0.39 is 0 Å². The van der Waals surface area contributed by atoms with Gasteiger partial charge in [0.25, 0.3) is 0 Å². The Morgan fingerprint density at radius 3 is 2.81 bits per heavy atom. The molecule has 0 radical (unpaired) electrons. The van der Waals surface area contributed by atoms with Gasteiger partial charge in [0, 0.05) is 25.2 Å². The number of aryl methyl sites for hydroxylation is 1. The van der Waals surface area contributed by atoms with Gasteiger partial charge < -0.3 is 20.0 Å². The van der Waals surface area contributed by atoms with Crippen molar-refractivity contribution < 1.29 is 4.42 Å². The molecule has 2 heterocycles. The fourth-order valence-electron chi connectivity index (χ4n) is 3.14. The summed E-state index contributed by atoms with van der Waals surface area (Å²) < 4.78 is 5.61. The van der Waals surface area contributed by atoms with Crippen LogP contribution in [0.4, 0.5) is 0 Å². The normalized spacial score (nSPS) is 18.3. The van der Waals surface area contributed by atoms with Crippen LogP contribution in [0.5, 0.6) is 0 Å². The molecule has 0 spiro atoms. The lowest BCUT2D eigenvalue weighted by Gasteiger charge is -2.15. The van der Waals surface area contributed by atoms with Crippen LogP contribution in [0.15, 0.2) is 39.9 Å². The highest BCUT2D eigenvalue weighted by molar-refractivity contribution is 5.79. The van der Waals surface area contributed by atoms with E-state index in [1.165, 1.54) is 18.5 Å². The molecular weight excluding hydrogens is 326 g/mol. The highest BCUT2D eigenvalue weighted by Crippen LogP contribution is 2.19. The fraction of sp³-hybridized carbons (Fsp3) is 0.500. The average molecular weight is 355 g/mol. The molecule has 6 nitrogen and oxygen atoms in total. The van der Waals surface area contributed by atoms with Gasteiger partial charge in [-0.3, -0.25) is 0 Å². The van der Waals surface area contributed by atoms with Crippen molar-refractivity contribution in [2.24, 2.45) is 10.9 Å². The van der Waals surface area contributed by atoms with E-state index in [0.29, 0.717) is 18.4 Å². The van der Waals surface area contributed by atoms with Gasteiger partial charge in [-0.2, -0.15) is 0 Å². The molecule has 26 heavy (non-hydrogen) atoms. The number of hydrogen-bond donors (Lipinski definition) is 2. The molecule has 1 aromatic heterocycles. The molecule has 1 aliphatic rings. The maximum atomic E-state index is 5.61. The summed E-state index contributed by atoms with van der Waals surface area (Å²) in [6.45, 7) is 8.75. The van der Waals surface area contributed by atoms with Crippen LogP contribution in [-0.2, 0) is 6.54 Å². The molecule has 0 amide bonds. The van der Waals surface area contributed by atoms with Gasteiger partial charge >= 0.3 is 0 Å². The predicted molar refractivity (Wildman–Crippen MR) is 105 cm³/mol. The first kappa shape index (κ1) is 18.5. The number of aliphatic imine (C=N–C) groups is 1. The largest absolute Gasteiger partial charge is 0.444 e. The molecule has 3 rings (SSSR count). The number of nitrogens with one attached hydrogen (secondary N) is 2. The predicted octanol–water partition coefficient (Wildman–Crippen LogP) is 2.66. The van der Waals surface area contributed by atoms with Crippen molar-refractivity contribution in [2.75, 3.05) is 33.2 Å². The van der Waals surface area contributed by atoms with Crippen LogP contribution in [0.25, 0.3) is 11.5 Å². The van der Waals surface area contributed by atoms with Gasteiger partial charge in [0.2, 0.25) is 5.89 Å². The Balaban J connectivity index is 1.57. The summed E-state index contributed by atoms with van der Waals surface area (Å²) in [4.78, 5) is 11.6. The van der Waals surface area contributed by atoms with Crippen molar-refractivity contribution in [3.63, 3.8) is 0 Å². The SMILES string of the molecule is CCNC(=NCc1coc(-c2ccc(C)cc2)n1)NCC1CCN(C)C1. The van der Waals surface area contributed by atoms with Crippen LogP contribution < -0.4 is 10.6 Å². The molecule has 6 heteroatoms. The number of nitrogens with zero attached hydrogens (tertiary/aromatic N) is 3. The number of aromatic nitrogens is 1. The van der Waals surface area contributed by atoms with Gasteiger partial charge in [0.1, 0.15) is 12.0 Å². The quantitative estimate of drug-likeness (QED) is 0.616. The zero-order valence-corrected chi connectivity index (χ0v) is 16.0. The molecule has 140 valence electrons. The maximum absolute atomic E-state index is 5.61. The Labute approximate surface area is 155 Å². The Bertz CT molecular complexity index is 722. The molecule has 0 aliphatic carbocycles. The zero-order valence-electron chi connectivity index (χ0n) is 16.0. The highest BCUT2D eigenvalue weighted by Gasteiger charge is 2.19. The van der Waals surface area contributed by atoms with E-state index in [9.17, 15) is 0 Å². The number of guanidine groups is 1. The van der Waals surface area contributed by atoms with E-state index in [0.717, 1.165) is 36.9 Å². The van der Waals surface area contributed by atoms with Crippen LogP contribution in [-0.4, -0.2) is 49.1 Å². The summed E-state index contributed by atoms with van der Waals surface area (Å²) in [6.07, 6.45) is 2.93. The van der Waals surface area contributed by atoms with Crippen LogP contribution in [0.3, 0.4) is 0 Å². The van der Waals surface area contributed by atoms with Gasteiger partial charge in [-0.15, -0.1) is 0 Å². The Kier molecular flexibility index (Phi) is 6.28. The van der Waals surface area contributed by atoms with Crippen LogP contribution >= 0.6 is 0 Å².